The highest BCUT2D eigenvalue weighted by molar-refractivity contribution is 9.10. The first kappa shape index (κ1) is 12.3. The molecule has 0 saturated carbocycles. The monoisotopic (exact) mass is 291 g/mol. The molecule has 0 saturated heterocycles. The lowest BCUT2D eigenvalue weighted by atomic mass is 10.1. The normalized spacial score (nSPS) is 14.0. The Labute approximate surface area is 109 Å². The second-order valence-corrected chi connectivity index (χ2v) is 4.95. The molecule has 1 heterocycles. The lowest BCUT2D eigenvalue weighted by Crippen LogP contribution is -2.00. The Balaban J connectivity index is 2.64. The van der Waals surface area contributed by atoms with Crippen LogP contribution >= 0.6 is 15.9 Å². The summed E-state index contributed by atoms with van der Waals surface area (Å²) < 4.78 is 1.03. The van der Waals surface area contributed by atoms with Gasteiger partial charge in [0.15, 0.2) is 0 Å². The van der Waals surface area contributed by atoms with Gasteiger partial charge in [-0.05, 0) is 31.6 Å². The fourth-order valence-electron chi connectivity index (χ4n) is 1.64. The maximum atomic E-state index is 9.51. The molecule has 17 heavy (non-hydrogen) atoms. The zero-order valence-corrected chi connectivity index (χ0v) is 11.4. The van der Waals surface area contributed by atoms with Crippen LogP contribution in [0, 0.1) is 0 Å². The molecule has 3 heteroatoms. The van der Waals surface area contributed by atoms with Crippen molar-refractivity contribution in [2.24, 2.45) is 0 Å². The van der Waals surface area contributed by atoms with E-state index in [1.165, 1.54) is 0 Å². The summed E-state index contributed by atoms with van der Waals surface area (Å²) in [5.41, 5.74) is 2.91. The first-order valence-electron chi connectivity index (χ1n) is 5.49. The molecule has 0 aliphatic carbocycles. The van der Waals surface area contributed by atoms with Crippen molar-refractivity contribution in [2.45, 2.75) is 20.0 Å². The number of fused-ring (bicyclic) bond motifs is 1. The van der Waals surface area contributed by atoms with Crippen LogP contribution in [0.15, 0.2) is 40.5 Å². The predicted octanol–water partition coefficient (Wildman–Crippen LogP) is 3.78. The standard InChI is InChI=1S/C14H14BrNO/c1-9(10(2)17)8-11-5-6-13(15)12-4-3-7-16-14(11)12/h3-8,10,17H,1-2H3/b9-8+. The zero-order chi connectivity index (χ0) is 12.4. The number of pyridine rings is 1. The van der Waals surface area contributed by atoms with Crippen molar-refractivity contribution in [3.63, 3.8) is 0 Å². The van der Waals surface area contributed by atoms with Crippen LogP contribution in [0.2, 0.25) is 0 Å². The van der Waals surface area contributed by atoms with Gasteiger partial charge in [-0.2, -0.15) is 0 Å². The largest absolute Gasteiger partial charge is 0.389 e. The number of aliphatic hydroxyl groups is 1. The van der Waals surface area contributed by atoms with Gasteiger partial charge >= 0.3 is 0 Å². The van der Waals surface area contributed by atoms with Crippen LogP contribution in [0.3, 0.4) is 0 Å². The third-order valence-corrected chi connectivity index (χ3v) is 3.48. The van der Waals surface area contributed by atoms with Crippen molar-refractivity contribution in [2.75, 3.05) is 0 Å². The van der Waals surface area contributed by atoms with E-state index in [-0.39, 0.29) is 0 Å². The number of hydrogen-bond acceptors (Lipinski definition) is 2. The van der Waals surface area contributed by atoms with Crippen LogP contribution in [0.4, 0.5) is 0 Å². The highest BCUT2D eigenvalue weighted by Gasteiger charge is 2.05. The minimum Gasteiger partial charge on any atom is -0.389 e. The number of aliphatic hydroxyl groups excluding tert-OH is 1. The van der Waals surface area contributed by atoms with Crippen LogP contribution in [0.1, 0.15) is 19.4 Å². The van der Waals surface area contributed by atoms with E-state index in [0.717, 1.165) is 26.5 Å². The summed E-state index contributed by atoms with van der Waals surface area (Å²) in [6.45, 7) is 3.68. The van der Waals surface area contributed by atoms with Gasteiger partial charge in [-0.25, -0.2) is 0 Å². The van der Waals surface area contributed by atoms with Gasteiger partial charge < -0.3 is 5.11 Å². The molecule has 1 aromatic carbocycles. The van der Waals surface area contributed by atoms with E-state index in [2.05, 4.69) is 20.9 Å². The minimum absolute atomic E-state index is 0.433. The number of halogens is 1. The third-order valence-electron chi connectivity index (χ3n) is 2.79. The van der Waals surface area contributed by atoms with Crippen LogP contribution in [0.25, 0.3) is 17.0 Å². The van der Waals surface area contributed by atoms with E-state index in [4.69, 9.17) is 0 Å². The fourth-order valence-corrected chi connectivity index (χ4v) is 2.09. The molecule has 0 bridgehead atoms. The van der Waals surface area contributed by atoms with Gasteiger partial charge in [0, 0.05) is 21.6 Å². The molecule has 2 nitrogen and oxygen atoms in total. The Bertz CT molecular complexity index is 575. The summed E-state index contributed by atoms with van der Waals surface area (Å²) >= 11 is 3.52. The topological polar surface area (TPSA) is 33.1 Å². The lowest BCUT2D eigenvalue weighted by Gasteiger charge is -2.07. The fraction of sp³-hybridized carbons (Fsp3) is 0.214. The second-order valence-electron chi connectivity index (χ2n) is 4.10. The number of hydrogen-bond donors (Lipinski definition) is 1. The van der Waals surface area contributed by atoms with Crippen molar-refractivity contribution in [3.8, 4) is 0 Å². The number of aromatic nitrogens is 1. The predicted molar refractivity (Wildman–Crippen MR) is 74.8 cm³/mol. The Morgan fingerprint density at radius 3 is 2.88 bits per heavy atom. The van der Waals surface area contributed by atoms with Crippen molar-refractivity contribution in [1.29, 1.82) is 0 Å². The lowest BCUT2D eigenvalue weighted by molar-refractivity contribution is 0.232. The number of rotatable bonds is 2. The SMILES string of the molecule is C/C(=C\c1ccc(Br)c2cccnc12)C(C)O. The summed E-state index contributed by atoms with van der Waals surface area (Å²) in [7, 11) is 0. The Morgan fingerprint density at radius 1 is 1.41 bits per heavy atom. The summed E-state index contributed by atoms with van der Waals surface area (Å²) in [6.07, 6.45) is 3.33. The molecule has 0 aliphatic heterocycles. The third kappa shape index (κ3) is 2.56. The molecular weight excluding hydrogens is 278 g/mol. The Morgan fingerprint density at radius 2 is 2.18 bits per heavy atom. The van der Waals surface area contributed by atoms with E-state index >= 15 is 0 Å². The number of benzene rings is 1. The molecule has 0 aliphatic rings. The Hall–Kier alpha value is -1.19. The first-order valence-corrected chi connectivity index (χ1v) is 6.28. The summed E-state index contributed by atoms with van der Waals surface area (Å²) in [5.74, 6) is 0. The van der Waals surface area contributed by atoms with E-state index in [0.29, 0.717) is 0 Å². The van der Waals surface area contributed by atoms with Crippen molar-refractivity contribution < 1.29 is 5.11 Å². The van der Waals surface area contributed by atoms with Gasteiger partial charge in [-0.3, -0.25) is 4.98 Å². The van der Waals surface area contributed by atoms with E-state index in [1.54, 1.807) is 13.1 Å². The molecular formula is C14H14BrNO. The maximum absolute atomic E-state index is 9.51. The van der Waals surface area contributed by atoms with Crippen LogP contribution in [-0.2, 0) is 0 Å². The molecule has 1 aromatic heterocycles. The van der Waals surface area contributed by atoms with Crippen molar-refractivity contribution in [1.82, 2.24) is 4.98 Å². The van der Waals surface area contributed by atoms with Gasteiger partial charge in [0.05, 0.1) is 11.6 Å². The molecule has 0 amide bonds. The van der Waals surface area contributed by atoms with Gasteiger partial charge in [0.1, 0.15) is 0 Å². The van der Waals surface area contributed by atoms with Gasteiger partial charge in [-0.15, -0.1) is 0 Å². The van der Waals surface area contributed by atoms with Crippen LogP contribution in [0.5, 0.6) is 0 Å². The molecule has 2 rings (SSSR count). The van der Waals surface area contributed by atoms with Gasteiger partial charge in [0.2, 0.25) is 0 Å². The minimum atomic E-state index is -0.433. The van der Waals surface area contributed by atoms with Gasteiger partial charge in [-0.1, -0.05) is 34.1 Å². The molecule has 2 aromatic rings. The molecule has 1 N–H and O–H groups in total. The smallest absolute Gasteiger partial charge is 0.0785 e. The van der Waals surface area contributed by atoms with Crippen molar-refractivity contribution >= 4 is 32.9 Å². The Kier molecular flexibility index (Phi) is 3.60. The van der Waals surface area contributed by atoms with Gasteiger partial charge in [0.25, 0.3) is 0 Å². The second kappa shape index (κ2) is 4.98. The quantitative estimate of drug-likeness (QED) is 0.913. The van der Waals surface area contributed by atoms with Crippen molar-refractivity contribution in [3.05, 3.63) is 46.1 Å². The molecule has 1 unspecified atom stereocenters. The molecule has 88 valence electrons. The maximum Gasteiger partial charge on any atom is 0.0785 e. The highest BCUT2D eigenvalue weighted by atomic mass is 79.9. The first-order chi connectivity index (χ1) is 8.09. The van der Waals surface area contributed by atoms with E-state index < -0.39 is 6.10 Å². The average Bonchev–Trinajstić information content (AvgIpc) is 2.33. The summed E-state index contributed by atoms with van der Waals surface area (Å²) in [5, 5.41) is 10.6. The molecule has 1 atom stereocenters. The molecule has 0 fully saturated rings. The zero-order valence-electron chi connectivity index (χ0n) is 9.81. The average molecular weight is 292 g/mol. The van der Waals surface area contributed by atoms with E-state index in [1.807, 2.05) is 37.3 Å². The summed E-state index contributed by atoms with van der Waals surface area (Å²) in [4.78, 5) is 4.40. The van der Waals surface area contributed by atoms with Crippen LogP contribution < -0.4 is 0 Å². The van der Waals surface area contributed by atoms with Crippen LogP contribution in [-0.4, -0.2) is 16.2 Å². The number of nitrogens with zero attached hydrogens (tertiary/aromatic N) is 1. The molecule has 0 radical (unpaired) electrons. The molecule has 0 spiro atoms. The van der Waals surface area contributed by atoms with E-state index in [9.17, 15) is 5.11 Å². The summed E-state index contributed by atoms with van der Waals surface area (Å²) in [6, 6.07) is 7.96. The highest BCUT2D eigenvalue weighted by Crippen LogP contribution is 2.26.